The number of piperazine rings is 1. The van der Waals surface area contributed by atoms with E-state index < -0.39 is 0 Å². The molecule has 5 nitrogen and oxygen atoms in total. The van der Waals surface area contributed by atoms with Gasteiger partial charge in [-0.1, -0.05) is 6.07 Å². The standard InChI is InChI=1S/C17H25N3O2/c1-13(17(21)18-14-6-7-14)19-8-10-20(11-9-19)15-4-3-5-16(12-15)22-2/h3-5,12-14H,6-11H2,1-2H3,(H,18,21). The van der Waals surface area contributed by atoms with Crippen LogP contribution < -0.4 is 15.0 Å². The fourth-order valence-corrected chi connectivity index (χ4v) is 2.89. The topological polar surface area (TPSA) is 44.8 Å². The summed E-state index contributed by atoms with van der Waals surface area (Å²) in [6.45, 7) is 5.72. The fourth-order valence-electron chi connectivity index (χ4n) is 2.89. The summed E-state index contributed by atoms with van der Waals surface area (Å²) in [5.74, 6) is 1.06. The molecule has 1 aliphatic carbocycles. The largest absolute Gasteiger partial charge is 0.497 e. The molecule has 1 heterocycles. The smallest absolute Gasteiger partial charge is 0.237 e. The summed E-state index contributed by atoms with van der Waals surface area (Å²) in [7, 11) is 1.69. The van der Waals surface area contributed by atoms with Crippen LogP contribution in [0.25, 0.3) is 0 Å². The van der Waals surface area contributed by atoms with Gasteiger partial charge in [-0.3, -0.25) is 9.69 Å². The van der Waals surface area contributed by atoms with Gasteiger partial charge in [-0.2, -0.15) is 0 Å². The maximum Gasteiger partial charge on any atom is 0.237 e. The van der Waals surface area contributed by atoms with E-state index in [-0.39, 0.29) is 11.9 Å². The van der Waals surface area contributed by atoms with Crippen molar-refractivity contribution >= 4 is 11.6 Å². The second-order valence-electron chi connectivity index (χ2n) is 6.18. The molecule has 3 rings (SSSR count). The van der Waals surface area contributed by atoms with Gasteiger partial charge in [-0.15, -0.1) is 0 Å². The zero-order valence-corrected chi connectivity index (χ0v) is 13.4. The molecular formula is C17H25N3O2. The second-order valence-corrected chi connectivity index (χ2v) is 6.18. The van der Waals surface area contributed by atoms with E-state index >= 15 is 0 Å². The molecule has 0 bridgehead atoms. The lowest BCUT2D eigenvalue weighted by molar-refractivity contribution is -0.126. The third-order valence-corrected chi connectivity index (χ3v) is 4.58. The van der Waals surface area contributed by atoms with E-state index in [2.05, 4.69) is 27.2 Å². The number of carbonyl (C=O) groups excluding carboxylic acids is 1. The van der Waals surface area contributed by atoms with Crippen molar-refractivity contribution in [1.82, 2.24) is 10.2 Å². The molecule has 1 saturated carbocycles. The van der Waals surface area contributed by atoms with E-state index in [1.807, 2.05) is 19.1 Å². The Hall–Kier alpha value is -1.75. The van der Waals surface area contributed by atoms with Crippen LogP contribution in [0.5, 0.6) is 5.75 Å². The number of ether oxygens (including phenoxy) is 1. The second kappa shape index (κ2) is 6.57. The molecule has 0 radical (unpaired) electrons. The summed E-state index contributed by atoms with van der Waals surface area (Å²) in [4.78, 5) is 16.8. The quantitative estimate of drug-likeness (QED) is 0.895. The highest BCUT2D eigenvalue weighted by molar-refractivity contribution is 5.81. The SMILES string of the molecule is COc1cccc(N2CCN(C(C)C(=O)NC3CC3)CC2)c1. The number of nitrogens with one attached hydrogen (secondary N) is 1. The van der Waals surface area contributed by atoms with Crippen molar-refractivity contribution in [2.75, 3.05) is 38.2 Å². The summed E-state index contributed by atoms with van der Waals surface area (Å²) in [5.41, 5.74) is 1.19. The number of nitrogens with zero attached hydrogens (tertiary/aromatic N) is 2. The lowest BCUT2D eigenvalue weighted by atomic mass is 10.2. The molecule has 2 aliphatic rings. The number of carbonyl (C=O) groups is 1. The highest BCUT2D eigenvalue weighted by Gasteiger charge is 2.30. The number of amides is 1. The first-order chi connectivity index (χ1) is 10.7. The Morgan fingerprint density at radius 1 is 1.27 bits per heavy atom. The van der Waals surface area contributed by atoms with E-state index in [1.54, 1.807) is 7.11 Å². The molecular weight excluding hydrogens is 278 g/mol. The summed E-state index contributed by atoms with van der Waals surface area (Å²) >= 11 is 0. The number of methoxy groups -OCH3 is 1. The molecule has 5 heteroatoms. The summed E-state index contributed by atoms with van der Waals surface area (Å²) in [5, 5.41) is 3.10. The van der Waals surface area contributed by atoms with Gasteiger partial charge in [0.2, 0.25) is 5.91 Å². The predicted octanol–water partition coefficient (Wildman–Crippen LogP) is 1.48. The Kier molecular flexibility index (Phi) is 4.52. The summed E-state index contributed by atoms with van der Waals surface area (Å²) in [6.07, 6.45) is 2.28. The van der Waals surface area contributed by atoms with Crippen molar-refractivity contribution in [2.45, 2.75) is 31.8 Å². The maximum atomic E-state index is 12.1. The summed E-state index contributed by atoms with van der Waals surface area (Å²) < 4.78 is 5.29. The van der Waals surface area contributed by atoms with Crippen LogP contribution in [0, 0.1) is 0 Å². The van der Waals surface area contributed by atoms with E-state index in [0.717, 1.165) is 44.8 Å². The third-order valence-electron chi connectivity index (χ3n) is 4.58. The lowest BCUT2D eigenvalue weighted by Crippen LogP contribution is -2.54. The average molecular weight is 303 g/mol. The average Bonchev–Trinajstić information content (AvgIpc) is 3.38. The van der Waals surface area contributed by atoms with Gasteiger partial charge >= 0.3 is 0 Å². The van der Waals surface area contributed by atoms with Gasteiger partial charge in [-0.05, 0) is 31.9 Å². The number of anilines is 1. The minimum atomic E-state index is -0.0342. The van der Waals surface area contributed by atoms with Crippen LogP contribution in [0.3, 0.4) is 0 Å². The summed E-state index contributed by atoms with van der Waals surface area (Å²) in [6, 6.07) is 8.57. The Morgan fingerprint density at radius 3 is 2.64 bits per heavy atom. The normalized spacial score (nSPS) is 20.5. The molecule has 0 spiro atoms. The first kappa shape index (κ1) is 15.2. The molecule has 1 saturated heterocycles. The third kappa shape index (κ3) is 3.53. The van der Waals surface area contributed by atoms with Crippen LogP contribution in [-0.4, -0.2) is 56.2 Å². The van der Waals surface area contributed by atoms with Crippen LogP contribution in [0.4, 0.5) is 5.69 Å². The van der Waals surface area contributed by atoms with Crippen LogP contribution in [0.15, 0.2) is 24.3 Å². The van der Waals surface area contributed by atoms with E-state index in [0.29, 0.717) is 6.04 Å². The monoisotopic (exact) mass is 303 g/mol. The van der Waals surface area contributed by atoms with Crippen LogP contribution >= 0.6 is 0 Å². The Labute approximate surface area is 132 Å². The Balaban J connectivity index is 1.53. The first-order valence-electron chi connectivity index (χ1n) is 8.11. The number of hydrogen-bond donors (Lipinski definition) is 1. The van der Waals surface area contributed by atoms with Gasteiger partial charge in [0.25, 0.3) is 0 Å². The Bertz CT molecular complexity index is 522. The van der Waals surface area contributed by atoms with Crippen molar-refractivity contribution in [3.63, 3.8) is 0 Å². The Morgan fingerprint density at radius 2 is 2.00 bits per heavy atom. The van der Waals surface area contributed by atoms with Gasteiger partial charge in [0.15, 0.2) is 0 Å². The van der Waals surface area contributed by atoms with Crippen molar-refractivity contribution in [1.29, 1.82) is 0 Å². The van der Waals surface area contributed by atoms with E-state index in [1.165, 1.54) is 5.69 Å². The highest BCUT2D eigenvalue weighted by atomic mass is 16.5. The number of benzene rings is 1. The zero-order valence-electron chi connectivity index (χ0n) is 13.4. The number of rotatable bonds is 5. The van der Waals surface area contributed by atoms with Gasteiger partial charge < -0.3 is 15.0 Å². The zero-order chi connectivity index (χ0) is 15.5. The molecule has 2 fully saturated rings. The van der Waals surface area contributed by atoms with Crippen LogP contribution in [-0.2, 0) is 4.79 Å². The maximum absolute atomic E-state index is 12.1. The van der Waals surface area contributed by atoms with Gasteiger partial charge in [0.1, 0.15) is 5.75 Å². The van der Waals surface area contributed by atoms with Crippen molar-refractivity contribution in [2.24, 2.45) is 0 Å². The van der Waals surface area contributed by atoms with Gasteiger partial charge in [0, 0.05) is 44.0 Å². The van der Waals surface area contributed by atoms with Crippen molar-refractivity contribution in [3.8, 4) is 5.75 Å². The lowest BCUT2D eigenvalue weighted by Gasteiger charge is -2.38. The molecule has 1 aliphatic heterocycles. The molecule has 0 aromatic heterocycles. The van der Waals surface area contributed by atoms with Crippen molar-refractivity contribution in [3.05, 3.63) is 24.3 Å². The van der Waals surface area contributed by atoms with Gasteiger partial charge in [0.05, 0.1) is 13.2 Å². The molecule has 120 valence electrons. The van der Waals surface area contributed by atoms with E-state index in [9.17, 15) is 4.79 Å². The number of hydrogen-bond acceptors (Lipinski definition) is 4. The minimum Gasteiger partial charge on any atom is -0.497 e. The van der Waals surface area contributed by atoms with Crippen LogP contribution in [0.1, 0.15) is 19.8 Å². The van der Waals surface area contributed by atoms with Gasteiger partial charge in [-0.25, -0.2) is 0 Å². The first-order valence-corrected chi connectivity index (χ1v) is 8.11. The molecule has 1 amide bonds. The molecule has 1 unspecified atom stereocenters. The minimum absolute atomic E-state index is 0.0342. The molecule has 22 heavy (non-hydrogen) atoms. The molecule has 1 aromatic rings. The van der Waals surface area contributed by atoms with Crippen LogP contribution in [0.2, 0.25) is 0 Å². The fraction of sp³-hybridized carbons (Fsp3) is 0.588. The molecule has 1 aromatic carbocycles. The van der Waals surface area contributed by atoms with Crippen molar-refractivity contribution < 1.29 is 9.53 Å². The van der Waals surface area contributed by atoms with E-state index in [4.69, 9.17) is 4.74 Å². The highest BCUT2D eigenvalue weighted by Crippen LogP contribution is 2.23. The molecule has 1 N–H and O–H groups in total. The predicted molar refractivity (Wildman–Crippen MR) is 87.4 cm³/mol. The molecule has 1 atom stereocenters.